The van der Waals surface area contributed by atoms with Crippen LogP contribution in [0.1, 0.15) is 6.92 Å². The first-order valence-corrected chi connectivity index (χ1v) is 8.65. The Kier molecular flexibility index (Phi) is 4.28. The maximum atomic E-state index is 12.6. The second-order valence-corrected chi connectivity index (χ2v) is 6.29. The molecule has 128 valence electrons. The summed E-state index contributed by atoms with van der Waals surface area (Å²) in [6.07, 6.45) is -0.604. The van der Waals surface area contributed by atoms with Gasteiger partial charge in [0.15, 0.2) is 6.10 Å². The van der Waals surface area contributed by atoms with Gasteiger partial charge in [-0.15, -0.1) is 0 Å². The number of anilines is 1. The van der Waals surface area contributed by atoms with Crippen molar-refractivity contribution in [1.29, 1.82) is 0 Å². The van der Waals surface area contributed by atoms with Crippen molar-refractivity contribution < 1.29 is 9.53 Å². The lowest BCUT2D eigenvalue weighted by molar-refractivity contribution is -0.122. The lowest BCUT2D eigenvalue weighted by atomic mass is 10.1. The predicted octanol–water partition coefficient (Wildman–Crippen LogP) is 5.40. The van der Waals surface area contributed by atoms with Gasteiger partial charge in [0, 0.05) is 11.1 Å². The quantitative estimate of drug-likeness (QED) is 0.540. The summed E-state index contributed by atoms with van der Waals surface area (Å²) in [5.74, 6) is 0.539. The number of rotatable bonds is 4. The van der Waals surface area contributed by atoms with E-state index in [-0.39, 0.29) is 5.91 Å². The van der Waals surface area contributed by atoms with Crippen molar-refractivity contribution in [3.8, 4) is 5.75 Å². The number of amides is 1. The molecule has 0 aliphatic rings. The molecule has 0 spiro atoms. The number of fused-ring (bicyclic) bond motifs is 2. The number of hydrogen-bond acceptors (Lipinski definition) is 2. The molecule has 0 heterocycles. The van der Waals surface area contributed by atoms with Crippen molar-refractivity contribution in [2.75, 3.05) is 5.32 Å². The SMILES string of the molecule is C[C@H](Oc1cccc2ccccc12)C(=O)Nc1ccc2ccccc2c1. The maximum absolute atomic E-state index is 12.6. The van der Waals surface area contributed by atoms with E-state index in [2.05, 4.69) is 5.32 Å². The Morgan fingerprint density at radius 3 is 2.35 bits per heavy atom. The molecule has 0 fully saturated rings. The first-order valence-electron chi connectivity index (χ1n) is 8.65. The molecule has 0 radical (unpaired) electrons. The third-order valence-corrected chi connectivity index (χ3v) is 4.44. The summed E-state index contributed by atoms with van der Waals surface area (Å²) in [4.78, 5) is 12.6. The minimum absolute atomic E-state index is 0.173. The molecule has 0 aromatic heterocycles. The summed E-state index contributed by atoms with van der Waals surface area (Å²) in [6.45, 7) is 1.76. The molecule has 4 aromatic carbocycles. The fraction of sp³-hybridized carbons (Fsp3) is 0.0870. The molecular weight excluding hydrogens is 322 g/mol. The lowest BCUT2D eigenvalue weighted by Crippen LogP contribution is -2.30. The highest BCUT2D eigenvalue weighted by Gasteiger charge is 2.16. The fourth-order valence-corrected chi connectivity index (χ4v) is 3.05. The zero-order chi connectivity index (χ0) is 17.9. The summed E-state index contributed by atoms with van der Waals surface area (Å²) in [7, 11) is 0. The molecule has 0 aliphatic heterocycles. The second kappa shape index (κ2) is 6.89. The molecular formula is C23H19NO2. The summed E-state index contributed by atoms with van der Waals surface area (Å²) < 4.78 is 5.94. The molecule has 3 heteroatoms. The third kappa shape index (κ3) is 3.24. The minimum atomic E-state index is -0.604. The van der Waals surface area contributed by atoms with Gasteiger partial charge in [0.05, 0.1) is 0 Å². The fourth-order valence-electron chi connectivity index (χ4n) is 3.05. The highest BCUT2D eigenvalue weighted by Crippen LogP contribution is 2.26. The van der Waals surface area contributed by atoms with Crippen molar-refractivity contribution in [2.24, 2.45) is 0 Å². The summed E-state index contributed by atoms with van der Waals surface area (Å²) >= 11 is 0. The van der Waals surface area contributed by atoms with E-state index in [1.165, 1.54) is 0 Å². The van der Waals surface area contributed by atoms with Gasteiger partial charge in [0.25, 0.3) is 5.91 Å². The molecule has 0 bridgehead atoms. The van der Waals surface area contributed by atoms with E-state index >= 15 is 0 Å². The highest BCUT2D eigenvalue weighted by molar-refractivity contribution is 5.97. The molecule has 4 aromatic rings. The van der Waals surface area contributed by atoms with Gasteiger partial charge in [0.1, 0.15) is 5.75 Å². The molecule has 3 nitrogen and oxygen atoms in total. The van der Waals surface area contributed by atoms with Gasteiger partial charge in [-0.25, -0.2) is 0 Å². The van der Waals surface area contributed by atoms with E-state index in [1.54, 1.807) is 6.92 Å². The van der Waals surface area contributed by atoms with Gasteiger partial charge in [-0.3, -0.25) is 4.79 Å². The van der Waals surface area contributed by atoms with Crippen molar-refractivity contribution in [1.82, 2.24) is 0 Å². The van der Waals surface area contributed by atoms with Crippen LogP contribution in [0.25, 0.3) is 21.5 Å². The van der Waals surface area contributed by atoms with Gasteiger partial charge < -0.3 is 10.1 Å². The van der Waals surface area contributed by atoms with Crippen LogP contribution in [0.15, 0.2) is 84.9 Å². The first kappa shape index (κ1) is 16.2. The molecule has 26 heavy (non-hydrogen) atoms. The van der Waals surface area contributed by atoms with Crippen LogP contribution in [-0.4, -0.2) is 12.0 Å². The van der Waals surface area contributed by atoms with Crippen LogP contribution in [-0.2, 0) is 4.79 Å². The van der Waals surface area contributed by atoms with Gasteiger partial charge in [-0.2, -0.15) is 0 Å². The number of ether oxygens (including phenoxy) is 1. The molecule has 1 atom stereocenters. The Morgan fingerprint density at radius 2 is 1.50 bits per heavy atom. The first-order chi connectivity index (χ1) is 12.7. The maximum Gasteiger partial charge on any atom is 0.265 e. The zero-order valence-corrected chi connectivity index (χ0v) is 14.5. The lowest BCUT2D eigenvalue weighted by Gasteiger charge is -2.16. The Bertz CT molecular complexity index is 1080. The van der Waals surface area contributed by atoms with Crippen molar-refractivity contribution in [3.63, 3.8) is 0 Å². The largest absolute Gasteiger partial charge is 0.480 e. The van der Waals surface area contributed by atoms with Crippen LogP contribution in [0.5, 0.6) is 5.75 Å². The van der Waals surface area contributed by atoms with E-state index in [1.807, 2.05) is 84.9 Å². The average molecular weight is 341 g/mol. The highest BCUT2D eigenvalue weighted by atomic mass is 16.5. The Labute approximate surface area is 152 Å². The Morgan fingerprint density at radius 1 is 0.808 bits per heavy atom. The number of benzene rings is 4. The monoisotopic (exact) mass is 341 g/mol. The van der Waals surface area contributed by atoms with Crippen molar-refractivity contribution >= 4 is 33.1 Å². The molecule has 0 aliphatic carbocycles. The van der Waals surface area contributed by atoms with E-state index in [0.717, 1.165) is 27.2 Å². The van der Waals surface area contributed by atoms with Crippen LogP contribution in [0, 0.1) is 0 Å². The minimum Gasteiger partial charge on any atom is -0.480 e. The summed E-state index contributed by atoms with van der Waals surface area (Å²) in [5.41, 5.74) is 0.766. The summed E-state index contributed by atoms with van der Waals surface area (Å²) in [5, 5.41) is 7.26. The van der Waals surface area contributed by atoms with E-state index in [0.29, 0.717) is 5.75 Å². The smallest absolute Gasteiger partial charge is 0.265 e. The number of carbonyl (C=O) groups excluding carboxylic acids is 1. The molecule has 1 amide bonds. The van der Waals surface area contributed by atoms with Gasteiger partial charge in [-0.1, -0.05) is 66.7 Å². The van der Waals surface area contributed by atoms with Crippen LogP contribution in [0.3, 0.4) is 0 Å². The third-order valence-electron chi connectivity index (χ3n) is 4.44. The predicted molar refractivity (Wildman–Crippen MR) is 107 cm³/mol. The normalized spacial score (nSPS) is 12.0. The van der Waals surface area contributed by atoms with Crippen molar-refractivity contribution in [3.05, 3.63) is 84.9 Å². The van der Waals surface area contributed by atoms with Crippen LogP contribution < -0.4 is 10.1 Å². The van der Waals surface area contributed by atoms with Crippen LogP contribution >= 0.6 is 0 Å². The van der Waals surface area contributed by atoms with Crippen molar-refractivity contribution in [2.45, 2.75) is 13.0 Å². The zero-order valence-electron chi connectivity index (χ0n) is 14.5. The van der Waals surface area contributed by atoms with E-state index < -0.39 is 6.10 Å². The van der Waals surface area contributed by atoms with Crippen LogP contribution in [0.2, 0.25) is 0 Å². The van der Waals surface area contributed by atoms with E-state index in [9.17, 15) is 4.79 Å². The molecule has 0 saturated heterocycles. The van der Waals surface area contributed by atoms with Gasteiger partial charge in [0.2, 0.25) is 0 Å². The van der Waals surface area contributed by atoms with E-state index in [4.69, 9.17) is 4.74 Å². The van der Waals surface area contributed by atoms with Gasteiger partial charge >= 0.3 is 0 Å². The standard InChI is InChI=1S/C23H19NO2/c1-16(26-22-12-6-10-18-8-4-5-11-21(18)22)23(25)24-20-14-13-17-7-2-3-9-19(17)15-20/h2-16H,1H3,(H,24,25)/t16-/m0/s1. The molecule has 1 N–H and O–H groups in total. The summed E-state index contributed by atoms with van der Waals surface area (Å²) in [6, 6.07) is 27.8. The topological polar surface area (TPSA) is 38.3 Å². The Hall–Kier alpha value is -3.33. The number of carbonyl (C=O) groups is 1. The number of nitrogens with one attached hydrogen (secondary N) is 1. The Balaban J connectivity index is 1.52. The molecule has 0 saturated carbocycles. The molecule has 0 unspecified atom stereocenters. The molecule has 4 rings (SSSR count). The van der Waals surface area contributed by atoms with Crippen LogP contribution in [0.4, 0.5) is 5.69 Å². The number of hydrogen-bond donors (Lipinski definition) is 1. The average Bonchev–Trinajstić information content (AvgIpc) is 2.68. The van der Waals surface area contributed by atoms with Gasteiger partial charge in [-0.05, 0) is 41.3 Å². The second-order valence-electron chi connectivity index (χ2n) is 6.29.